The summed E-state index contributed by atoms with van der Waals surface area (Å²) in [5.41, 5.74) is 8.02. The average molecular weight is 247 g/mol. The predicted molar refractivity (Wildman–Crippen MR) is 70.4 cm³/mol. The largest absolute Gasteiger partial charge is 0.389 e. The lowest BCUT2D eigenvalue weighted by Gasteiger charge is -2.04. The molecule has 0 spiro atoms. The molecule has 5 heteroatoms. The third kappa shape index (κ3) is 2.45. The van der Waals surface area contributed by atoms with Crippen molar-refractivity contribution in [1.29, 1.82) is 0 Å². The first kappa shape index (κ1) is 11.6. The van der Waals surface area contributed by atoms with Gasteiger partial charge in [0.05, 0.1) is 5.69 Å². The van der Waals surface area contributed by atoms with Crippen molar-refractivity contribution in [3.8, 4) is 0 Å². The van der Waals surface area contributed by atoms with Crippen LogP contribution in [0.5, 0.6) is 0 Å². The van der Waals surface area contributed by atoms with Gasteiger partial charge in [-0.2, -0.15) is 0 Å². The maximum Gasteiger partial charge on any atom is 0.257 e. The number of aromatic nitrogens is 1. The van der Waals surface area contributed by atoms with Gasteiger partial charge in [-0.25, -0.2) is 4.98 Å². The number of carbonyl (C=O) groups is 1. The van der Waals surface area contributed by atoms with Crippen LogP contribution in [0.15, 0.2) is 24.3 Å². The predicted octanol–water partition coefficient (Wildman–Crippen LogP) is 2.59. The van der Waals surface area contributed by atoms with Crippen molar-refractivity contribution in [2.75, 3.05) is 11.1 Å². The van der Waals surface area contributed by atoms with E-state index in [1.165, 1.54) is 11.3 Å². The van der Waals surface area contributed by atoms with Crippen molar-refractivity contribution < 1.29 is 4.79 Å². The molecular formula is C12H13N3OS. The fourth-order valence-corrected chi connectivity index (χ4v) is 2.18. The van der Waals surface area contributed by atoms with Gasteiger partial charge in [-0.15, -0.1) is 0 Å². The molecule has 2 rings (SSSR count). The van der Waals surface area contributed by atoms with Gasteiger partial charge >= 0.3 is 0 Å². The minimum atomic E-state index is -0.156. The normalized spacial score (nSPS) is 10.2. The van der Waals surface area contributed by atoms with E-state index in [4.69, 9.17) is 5.73 Å². The highest BCUT2D eigenvalue weighted by atomic mass is 32.1. The van der Waals surface area contributed by atoms with Gasteiger partial charge in [0.2, 0.25) is 0 Å². The SMILES string of the molecule is Cc1ccccc1C(=O)Nc1nc(C)c(N)s1. The van der Waals surface area contributed by atoms with Crippen LogP contribution in [0.2, 0.25) is 0 Å². The summed E-state index contributed by atoms with van der Waals surface area (Å²) in [6.07, 6.45) is 0. The minimum absolute atomic E-state index is 0.156. The summed E-state index contributed by atoms with van der Waals surface area (Å²) in [6, 6.07) is 7.42. The Morgan fingerprint density at radius 2 is 2.06 bits per heavy atom. The third-order valence-electron chi connectivity index (χ3n) is 2.44. The van der Waals surface area contributed by atoms with Gasteiger partial charge in [0.1, 0.15) is 5.00 Å². The van der Waals surface area contributed by atoms with Crippen LogP contribution in [0.4, 0.5) is 10.1 Å². The second-order valence-corrected chi connectivity index (χ2v) is 4.77. The molecule has 2 aromatic rings. The fourth-order valence-electron chi connectivity index (χ4n) is 1.45. The molecule has 0 unspecified atom stereocenters. The quantitative estimate of drug-likeness (QED) is 0.857. The molecule has 1 heterocycles. The zero-order chi connectivity index (χ0) is 12.4. The Morgan fingerprint density at radius 3 is 2.65 bits per heavy atom. The first-order valence-corrected chi connectivity index (χ1v) is 5.99. The third-order valence-corrected chi connectivity index (χ3v) is 3.34. The molecule has 3 N–H and O–H groups in total. The second-order valence-electron chi connectivity index (χ2n) is 3.74. The zero-order valence-corrected chi connectivity index (χ0v) is 10.5. The summed E-state index contributed by atoms with van der Waals surface area (Å²) in [5.74, 6) is -0.156. The molecule has 0 aliphatic heterocycles. The van der Waals surface area contributed by atoms with E-state index >= 15 is 0 Å². The van der Waals surface area contributed by atoms with Crippen molar-refractivity contribution in [2.45, 2.75) is 13.8 Å². The van der Waals surface area contributed by atoms with E-state index in [-0.39, 0.29) is 5.91 Å². The molecule has 1 aromatic carbocycles. The number of rotatable bonds is 2. The van der Waals surface area contributed by atoms with Crippen LogP contribution in [-0.4, -0.2) is 10.9 Å². The van der Waals surface area contributed by atoms with E-state index in [2.05, 4.69) is 10.3 Å². The van der Waals surface area contributed by atoms with Gasteiger partial charge in [0, 0.05) is 5.56 Å². The van der Waals surface area contributed by atoms with Crippen molar-refractivity contribution >= 4 is 27.4 Å². The van der Waals surface area contributed by atoms with Crippen LogP contribution in [-0.2, 0) is 0 Å². The molecule has 0 bridgehead atoms. The van der Waals surface area contributed by atoms with Crippen LogP contribution in [0.3, 0.4) is 0 Å². The molecule has 4 nitrogen and oxygen atoms in total. The van der Waals surface area contributed by atoms with Crippen molar-refractivity contribution in [3.63, 3.8) is 0 Å². The number of hydrogen-bond donors (Lipinski definition) is 2. The molecule has 1 aromatic heterocycles. The molecule has 1 amide bonds. The van der Waals surface area contributed by atoms with Crippen LogP contribution in [0, 0.1) is 13.8 Å². The van der Waals surface area contributed by atoms with E-state index in [0.717, 1.165) is 11.3 Å². The molecule has 0 aliphatic carbocycles. The van der Waals surface area contributed by atoms with E-state index in [0.29, 0.717) is 15.7 Å². The van der Waals surface area contributed by atoms with Gasteiger partial charge in [-0.1, -0.05) is 29.5 Å². The number of aryl methyl sites for hydroxylation is 2. The van der Waals surface area contributed by atoms with Gasteiger partial charge < -0.3 is 5.73 Å². The summed E-state index contributed by atoms with van der Waals surface area (Å²) >= 11 is 1.28. The second kappa shape index (κ2) is 4.55. The van der Waals surface area contributed by atoms with Crippen molar-refractivity contribution in [2.24, 2.45) is 0 Å². The topological polar surface area (TPSA) is 68.0 Å². The molecule has 17 heavy (non-hydrogen) atoms. The van der Waals surface area contributed by atoms with E-state index in [1.54, 1.807) is 6.07 Å². The number of carbonyl (C=O) groups excluding carboxylic acids is 1. The highest BCUT2D eigenvalue weighted by molar-refractivity contribution is 7.19. The summed E-state index contributed by atoms with van der Waals surface area (Å²) < 4.78 is 0. The number of thiazole rings is 1. The van der Waals surface area contributed by atoms with Crippen LogP contribution in [0.25, 0.3) is 0 Å². The Kier molecular flexibility index (Phi) is 3.10. The highest BCUT2D eigenvalue weighted by Gasteiger charge is 2.11. The number of amides is 1. The van der Waals surface area contributed by atoms with Gasteiger partial charge in [0.25, 0.3) is 5.91 Å². The Bertz CT molecular complexity index is 543. The Labute approximate surface area is 103 Å². The molecular weight excluding hydrogens is 234 g/mol. The lowest BCUT2D eigenvalue weighted by molar-refractivity contribution is 0.102. The van der Waals surface area contributed by atoms with E-state index in [1.807, 2.05) is 32.0 Å². The number of nitrogens with one attached hydrogen (secondary N) is 1. The monoisotopic (exact) mass is 247 g/mol. The first-order chi connectivity index (χ1) is 8.08. The summed E-state index contributed by atoms with van der Waals surface area (Å²) in [4.78, 5) is 16.1. The minimum Gasteiger partial charge on any atom is -0.389 e. The zero-order valence-electron chi connectivity index (χ0n) is 9.65. The number of hydrogen-bond acceptors (Lipinski definition) is 4. The number of nitrogen functional groups attached to an aromatic ring is 1. The summed E-state index contributed by atoms with van der Waals surface area (Å²) in [6.45, 7) is 3.71. The van der Waals surface area contributed by atoms with Crippen molar-refractivity contribution in [3.05, 3.63) is 41.1 Å². The average Bonchev–Trinajstić information content (AvgIpc) is 2.58. The van der Waals surface area contributed by atoms with Gasteiger partial charge in [-0.3, -0.25) is 10.1 Å². The summed E-state index contributed by atoms with van der Waals surface area (Å²) in [7, 11) is 0. The Morgan fingerprint density at radius 1 is 1.35 bits per heavy atom. The number of nitrogens with two attached hydrogens (primary N) is 1. The maximum absolute atomic E-state index is 12.0. The smallest absolute Gasteiger partial charge is 0.257 e. The standard InChI is InChI=1S/C12H13N3OS/c1-7-5-3-4-6-9(7)11(16)15-12-14-8(2)10(13)17-12/h3-6H,13H2,1-2H3,(H,14,15,16). The Balaban J connectivity index is 2.20. The maximum atomic E-state index is 12.0. The van der Waals surface area contributed by atoms with Crippen LogP contribution in [0.1, 0.15) is 21.6 Å². The highest BCUT2D eigenvalue weighted by Crippen LogP contribution is 2.25. The molecule has 0 fully saturated rings. The van der Waals surface area contributed by atoms with Gasteiger partial charge in [-0.05, 0) is 25.5 Å². The molecule has 0 saturated carbocycles. The number of anilines is 2. The molecule has 0 saturated heterocycles. The number of benzene rings is 1. The number of nitrogens with zero attached hydrogens (tertiary/aromatic N) is 1. The fraction of sp³-hybridized carbons (Fsp3) is 0.167. The van der Waals surface area contributed by atoms with Gasteiger partial charge in [0.15, 0.2) is 5.13 Å². The molecule has 0 atom stereocenters. The van der Waals surface area contributed by atoms with Crippen LogP contribution < -0.4 is 11.1 Å². The van der Waals surface area contributed by atoms with E-state index in [9.17, 15) is 4.79 Å². The van der Waals surface area contributed by atoms with Crippen molar-refractivity contribution in [1.82, 2.24) is 4.98 Å². The lowest BCUT2D eigenvalue weighted by Crippen LogP contribution is -2.12. The molecule has 0 radical (unpaired) electrons. The summed E-state index contributed by atoms with van der Waals surface area (Å²) in [5, 5.41) is 3.91. The molecule has 88 valence electrons. The Hall–Kier alpha value is -1.88. The lowest BCUT2D eigenvalue weighted by atomic mass is 10.1. The van der Waals surface area contributed by atoms with E-state index < -0.39 is 0 Å². The van der Waals surface area contributed by atoms with Crippen LogP contribution >= 0.6 is 11.3 Å². The molecule has 0 aliphatic rings. The first-order valence-electron chi connectivity index (χ1n) is 5.18.